The molecule has 0 bridgehead atoms. The molecule has 0 fully saturated rings. The lowest BCUT2D eigenvalue weighted by atomic mass is 10.2. The number of hydrogen-bond donors (Lipinski definition) is 2. The molecule has 0 aliphatic rings. The smallest absolute Gasteiger partial charge is 0.258 e. The summed E-state index contributed by atoms with van der Waals surface area (Å²) in [5.74, 6) is -3.50. The van der Waals surface area contributed by atoms with Gasteiger partial charge in [-0.1, -0.05) is 12.1 Å². The van der Waals surface area contributed by atoms with Crippen LogP contribution < -0.4 is 11.1 Å². The number of nitrogen functional groups attached to an aromatic ring is 1. The van der Waals surface area contributed by atoms with Crippen molar-refractivity contribution in [2.45, 2.75) is 0 Å². The van der Waals surface area contributed by atoms with E-state index in [0.717, 1.165) is 12.1 Å². The van der Waals surface area contributed by atoms with E-state index in [0.29, 0.717) is 6.07 Å². The molecule has 1 amide bonds. The predicted octanol–water partition coefficient (Wildman–Crippen LogP) is 2.94. The molecule has 3 N–H and O–H groups in total. The van der Waals surface area contributed by atoms with Crippen molar-refractivity contribution < 1.29 is 18.0 Å². The van der Waals surface area contributed by atoms with Gasteiger partial charge in [0.25, 0.3) is 5.91 Å². The van der Waals surface area contributed by atoms with Crippen molar-refractivity contribution in [3.63, 3.8) is 0 Å². The number of carbonyl (C=O) groups excluding carboxylic acids is 1. The SMILES string of the molecule is Nc1cc(NC(=O)c2ccccc2F)c(F)cc1F. The van der Waals surface area contributed by atoms with Crippen LogP contribution in [-0.4, -0.2) is 5.91 Å². The maximum Gasteiger partial charge on any atom is 0.258 e. The largest absolute Gasteiger partial charge is 0.396 e. The van der Waals surface area contributed by atoms with Crippen LogP contribution in [0.3, 0.4) is 0 Å². The summed E-state index contributed by atoms with van der Waals surface area (Å²) in [6.07, 6.45) is 0. The van der Waals surface area contributed by atoms with Gasteiger partial charge in [0.15, 0.2) is 0 Å². The fourth-order valence-electron chi connectivity index (χ4n) is 1.50. The molecule has 2 aromatic rings. The first kappa shape index (κ1) is 12.9. The molecule has 3 nitrogen and oxygen atoms in total. The molecule has 0 heterocycles. The topological polar surface area (TPSA) is 55.1 Å². The van der Waals surface area contributed by atoms with Gasteiger partial charge in [-0.05, 0) is 18.2 Å². The molecular formula is C13H9F3N2O. The zero-order valence-electron chi connectivity index (χ0n) is 9.58. The van der Waals surface area contributed by atoms with E-state index in [2.05, 4.69) is 5.32 Å². The lowest BCUT2D eigenvalue weighted by Crippen LogP contribution is -2.15. The molecule has 0 aromatic heterocycles. The number of rotatable bonds is 2. The Morgan fingerprint density at radius 2 is 1.68 bits per heavy atom. The highest BCUT2D eigenvalue weighted by molar-refractivity contribution is 6.04. The van der Waals surface area contributed by atoms with Gasteiger partial charge < -0.3 is 11.1 Å². The molecule has 0 radical (unpaired) electrons. The molecule has 6 heteroatoms. The minimum atomic E-state index is -0.989. The molecule has 2 rings (SSSR count). The normalized spacial score (nSPS) is 10.3. The second kappa shape index (κ2) is 5.01. The highest BCUT2D eigenvalue weighted by Gasteiger charge is 2.14. The average molecular weight is 266 g/mol. The van der Waals surface area contributed by atoms with E-state index < -0.39 is 23.4 Å². The first-order valence-electron chi connectivity index (χ1n) is 5.29. The average Bonchev–Trinajstić information content (AvgIpc) is 2.36. The number of nitrogens with two attached hydrogens (primary N) is 1. The molecule has 19 heavy (non-hydrogen) atoms. The van der Waals surface area contributed by atoms with Gasteiger partial charge in [0.2, 0.25) is 0 Å². The number of amides is 1. The van der Waals surface area contributed by atoms with Crippen molar-refractivity contribution in [1.82, 2.24) is 0 Å². The maximum atomic E-state index is 13.4. The predicted molar refractivity (Wildman–Crippen MR) is 65.1 cm³/mol. The second-order valence-corrected chi connectivity index (χ2v) is 3.79. The number of hydrogen-bond acceptors (Lipinski definition) is 2. The third-order valence-electron chi connectivity index (χ3n) is 2.45. The lowest BCUT2D eigenvalue weighted by Gasteiger charge is -2.08. The summed E-state index contributed by atoms with van der Waals surface area (Å²) in [7, 11) is 0. The molecule has 0 atom stereocenters. The molecule has 98 valence electrons. The summed E-state index contributed by atoms with van der Waals surface area (Å²) in [6, 6.07) is 6.71. The van der Waals surface area contributed by atoms with E-state index in [-0.39, 0.29) is 16.9 Å². The van der Waals surface area contributed by atoms with Crippen LogP contribution in [-0.2, 0) is 0 Å². The maximum absolute atomic E-state index is 13.4. The van der Waals surface area contributed by atoms with E-state index in [9.17, 15) is 18.0 Å². The molecule has 0 unspecified atom stereocenters. The van der Waals surface area contributed by atoms with E-state index in [1.165, 1.54) is 18.2 Å². The van der Waals surface area contributed by atoms with Gasteiger partial charge in [-0.2, -0.15) is 0 Å². The van der Waals surface area contributed by atoms with E-state index >= 15 is 0 Å². The van der Waals surface area contributed by atoms with Crippen LogP contribution in [0.1, 0.15) is 10.4 Å². The minimum Gasteiger partial charge on any atom is -0.396 e. The van der Waals surface area contributed by atoms with Crippen LogP contribution in [0.5, 0.6) is 0 Å². The van der Waals surface area contributed by atoms with Crippen molar-refractivity contribution in [1.29, 1.82) is 0 Å². The van der Waals surface area contributed by atoms with Crippen LogP contribution in [0.4, 0.5) is 24.5 Å². The first-order chi connectivity index (χ1) is 8.99. The summed E-state index contributed by atoms with van der Waals surface area (Å²) in [5, 5.41) is 2.13. The van der Waals surface area contributed by atoms with Crippen LogP contribution in [0.15, 0.2) is 36.4 Å². The number of nitrogens with one attached hydrogen (secondary N) is 1. The molecule has 0 saturated carbocycles. The van der Waals surface area contributed by atoms with Crippen LogP contribution in [0.2, 0.25) is 0 Å². The van der Waals surface area contributed by atoms with Gasteiger partial charge in [0.1, 0.15) is 17.5 Å². The summed E-state index contributed by atoms with van der Waals surface area (Å²) in [6.45, 7) is 0. The van der Waals surface area contributed by atoms with Gasteiger partial charge in [-0.3, -0.25) is 4.79 Å². The van der Waals surface area contributed by atoms with Crippen molar-refractivity contribution in [3.05, 3.63) is 59.4 Å². The van der Waals surface area contributed by atoms with Gasteiger partial charge in [0.05, 0.1) is 16.9 Å². The Hall–Kier alpha value is -2.50. The Bertz CT molecular complexity index is 644. The Balaban J connectivity index is 2.30. The van der Waals surface area contributed by atoms with Crippen molar-refractivity contribution in [2.24, 2.45) is 0 Å². The third-order valence-corrected chi connectivity index (χ3v) is 2.45. The Morgan fingerprint density at radius 1 is 1.00 bits per heavy atom. The first-order valence-corrected chi connectivity index (χ1v) is 5.29. The van der Waals surface area contributed by atoms with Crippen LogP contribution in [0, 0.1) is 17.5 Å². The monoisotopic (exact) mass is 266 g/mol. The number of anilines is 2. The Morgan fingerprint density at radius 3 is 2.37 bits per heavy atom. The Kier molecular flexibility index (Phi) is 3.41. The van der Waals surface area contributed by atoms with E-state index in [1.54, 1.807) is 0 Å². The van der Waals surface area contributed by atoms with E-state index in [1.807, 2.05) is 0 Å². The number of carbonyl (C=O) groups is 1. The zero-order valence-corrected chi connectivity index (χ0v) is 9.58. The molecule has 0 aliphatic carbocycles. The third kappa shape index (κ3) is 2.67. The molecule has 0 saturated heterocycles. The second-order valence-electron chi connectivity index (χ2n) is 3.79. The number of halogens is 3. The zero-order chi connectivity index (χ0) is 14.0. The fourth-order valence-corrected chi connectivity index (χ4v) is 1.50. The summed E-state index contributed by atoms with van der Waals surface area (Å²) >= 11 is 0. The molecule has 2 aromatic carbocycles. The van der Waals surface area contributed by atoms with Gasteiger partial charge >= 0.3 is 0 Å². The van der Waals surface area contributed by atoms with Gasteiger partial charge in [0, 0.05) is 6.07 Å². The molecule has 0 spiro atoms. The van der Waals surface area contributed by atoms with Gasteiger partial charge in [-0.25, -0.2) is 13.2 Å². The van der Waals surface area contributed by atoms with Crippen LogP contribution >= 0.6 is 0 Å². The van der Waals surface area contributed by atoms with Crippen molar-refractivity contribution in [2.75, 3.05) is 11.1 Å². The summed E-state index contributed by atoms with van der Waals surface area (Å²) in [4.78, 5) is 11.7. The van der Waals surface area contributed by atoms with Crippen molar-refractivity contribution in [3.8, 4) is 0 Å². The minimum absolute atomic E-state index is 0.246. The van der Waals surface area contributed by atoms with Crippen molar-refractivity contribution >= 4 is 17.3 Å². The highest BCUT2D eigenvalue weighted by atomic mass is 19.1. The molecular weight excluding hydrogens is 257 g/mol. The Labute approximate surface area is 106 Å². The standard InChI is InChI=1S/C13H9F3N2O/c14-8-4-2-1-3-7(8)13(19)18-12-6-11(17)9(15)5-10(12)16/h1-6H,17H2,(H,18,19). The fraction of sp³-hybridized carbons (Fsp3) is 0. The van der Waals surface area contributed by atoms with Gasteiger partial charge in [-0.15, -0.1) is 0 Å². The summed E-state index contributed by atoms with van der Waals surface area (Å²) < 4.78 is 39.7. The van der Waals surface area contributed by atoms with Crippen LogP contribution in [0.25, 0.3) is 0 Å². The molecule has 0 aliphatic heterocycles. The summed E-state index contributed by atoms with van der Waals surface area (Å²) in [5.41, 5.74) is 4.39. The number of benzene rings is 2. The highest BCUT2D eigenvalue weighted by Crippen LogP contribution is 2.22. The van der Waals surface area contributed by atoms with E-state index in [4.69, 9.17) is 5.73 Å². The quantitative estimate of drug-likeness (QED) is 0.821. The lowest BCUT2D eigenvalue weighted by molar-refractivity contribution is 0.102.